The number of amides is 1. The minimum Gasteiger partial charge on any atom is -0.373 e. The largest absolute Gasteiger partial charge is 0.373 e. The maximum absolute atomic E-state index is 11.5. The average molecular weight is 517 g/mol. The second-order valence-electron chi connectivity index (χ2n) is 9.09. The Bertz CT molecular complexity index is 1190. The topological polar surface area (TPSA) is 101 Å². The zero-order valence-corrected chi connectivity index (χ0v) is 20.7. The minimum atomic E-state index is -0.582. The second-order valence-corrected chi connectivity index (χ2v) is 9.91. The Morgan fingerprint density at radius 2 is 2.00 bits per heavy atom. The molecule has 3 heterocycles. The van der Waals surface area contributed by atoms with Gasteiger partial charge in [0.05, 0.1) is 28.3 Å². The number of ether oxygens (including phenoxy) is 1. The summed E-state index contributed by atoms with van der Waals surface area (Å²) in [4.78, 5) is 18.1. The Morgan fingerprint density at radius 3 is 2.63 bits per heavy atom. The first-order valence-corrected chi connectivity index (χ1v) is 12.4. The first-order valence-electron chi connectivity index (χ1n) is 11.7. The van der Waals surface area contributed by atoms with Gasteiger partial charge in [-0.25, -0.2) is 10.5 Å². The molecule has 2 atom stereocenters. The van der Waals surface area contributed by atoms with Crippen molar-refractivity contribution in [2.45, 2.75) is 57.3 Å². The van der Waals surface area contributed by atoms with E-state index in [4.69, 9.17) is 37.7 Å². The van der Waals surface area contributed by atoms with Gasteiger partial charge in [-0.1, -0.05) is 34.4 Å². The monoisotopic (exact) mass is 516 g/mol. The molecule has 1 aliphatic heterocycles. The molecule has 0 unspecified atom stereocenters. The van der Waals surface area contributed by atoms with Crippen LogP contribution < -0.4 is 10.4 Å². The predicted molar refractivity (Wildman–Crippen MR) is 132 cm³/mol. The van der Waals surface area contributed by atoms with E-state index in [1.54, 1.807) is 29.7 Å². The highest BCUT2D eigenvalue weighted by atomic mass is 35.5. The van der Waals surface area contributed by atoms with Crippen LogP contribution in [0.5, 0.6) is 0 Å². The summed E-state index contributed by atoms with van der Waals surface area (Å²) < 4.78 is 12.1. The van der Waals surface area contributed by atoms with Gasteiger partial charge in [-0.3, -0.25) is 10.0 Å². The number of nitrogens with one attached hydrogen (secondary N) is 1. The Morgan fingerprint density at radius 1 is 1.23 bits per heavy atom. The van der Waals surface area contributed by atoms with Gasteiger partial charge in [-0.2, -0.15) is 0 Å². The smallest absolute Gasteiger partial charge is 0.276 e. The molecule has 1 amide bonds. The number of hydrogen-bond donors (Lipinski definition) is 2. The lowest BCUT2D eigenvalue weighted by Crippen LogP contribution is -2.44. The first-order chi connectivity index (χ1) is 17.0. The molecule has 2 aliphatic rings. The summed E-state index contributed by atoms with van der Waals surface area (Å²) in [6.45, 7) is 3.29. The van der Waals surface area contributed by atoms with E-state index in [1.165, 1.54) is 6.20 Å². The summed E-state index contributed by atoms with van der Waals surface area (Å²) in [6.07, 6.45) is 5.35. The maximum Gasteiger partial charge on any atom is 0.276 e. The van der Waals surface area contributed by atoms with Crippen LogP contribution in [0.3, 0.4) is 0 Å². The van der Waals surface area contributed by atoms with E-state index in [9.17, 15) is 4.79 Å². The molecule has 0 bridgehead atoms. The third kappa shape index (κ3) is 5.02. The van der Waals surface area contributed by atoms with Crippen molar-refractivity contribution in [2.24, 2.45) is 0 Å². The highest BCUT2D eigenvalue weighted by Crippen LogP contribution is 2.46. The number of carbonyl (C=O) groups is 1. The standard InChI is InChI=1S/C25H26Cl2N4O4/c1-14-11-17(9-10-31(14)21-8-7-16(12-28-21)25(32)29-33)34-13-18-23(30-35-24(18)15-5-6-15)22-19(26)3-2-4-20(22)27/h2-4,7-8,12,14-15,17,33H,5-6,9-11,13H2,1H3,(H,29,32)/t14-,17-/m1/s1. The van der Waals surface area contributed by atoms with Crippen molar-refractivity contribution in [3.05, 3.63) is 63.5 Å². The van der Waals surface area contributed by atoms with Gasteiger partial charge in [0.25, 0.3) is 5.91 Å². The molecule has 2 aromatic heterocycles. The van der Waals surface area contributed by atoms with E-state index in [0.717, 1.165) is 49.4 Å². The number of hydroxylamine groups is 1. The number of piperidine rings is 1. The lowest BCUT2D eigenvalue weighted by Gasteiger charge is -2.38. The molecular weight excluding hydrogens is 491 g/mol. The zero-order chi connectivity index (χ0) is 24.5. The van der Waals surface area contributed by atoms with Crippen molar-refractivity contribution in [1.29, 1.82) is 0 Å². The number of anilines is 1. The van der Waals surface area contributed by atoms with Gasteiger partial charge in [0.1, 0.15) is 17.3 Å². The third-order valence-corrected chi connectivity index (χ3v) is 7.29. The van der Waals surface area contributed by atoms with Crippen LogP contribution in [0.4, 0.5) is 5.82 Å². The molecule has 1 aromatic carbocycles. The summed E-state index contributed by atoms with van der Waals surface area (Å²) >= 11 is 12.9. The molecule has 1 aliphatic carbocycles. The third-order valence-electron chi connectivity index (χ3n) is 6.66. The Labute approximate surface area is 213 Å². The fourth-order valence-corrected chi connectivity index (χ4v) is 5.20. The molecule has 0 spiro atoms. The predicted octanol–water partition coefficient (Wildman–Crippen LogP) is 5.61. The normalized spacial score (nSPS) is 20.2. The van der Waals surface area contributed by atoms with E-state index in [-0.39, 0.29) is 12.1 Å². The molecular formula is C25H26Cl2N4O4. The summed E-state index contributed by atoms with van der Waals surface area (Å²) in [6, 6.07) is 9.05. The number of pyridine rings is 1. The lowest BCUT2D eigenvalue weighted by atomic mass is 10.00. The van der Waals surface area contributed by atoms with Crippen LogP contribution in [0.1, 0.15) is 60.2 Å². The van der Waals surface area contributed by atoms with Crippen molar-refractivity contribution >= 4 is 34.9 Å². The van der Waals surface area contributed by atoms with E-state index >= 15 is 0 Å². The van der Waals surface area contributed by atoms with Crippen molar-refractivity contribution < 1.29 is 19.3 Å². The Kier molecular flexibility index (Phi) is 6.98. The lowest BCUT2D eigenvalue weighted by molar-refractivity contribution is 0.0174. The molecule has 184 valence electrons. The highest BCUT2D eigenvalue weighted by molar-refractivity contribution is 6.39. The number of halogens is 2. The Hall–Kier alpha value is -2.65. The number of aromatic nitrogens is 2. The molecule has 35 heavy (non-hydrogen) atoms. The summed E-state index contributed by atoms with van der Waals surface area (Å²) in [7, 11) is 0. The van der Waals surface area contributed by atoms with Gasteiger partial charge in [-0.05, 0) is 56.9 Å². The van der Waals surface area contributed by atoms with Gasteiger partial charge in [-0.15, -0.1) is 0 Å². The van der Waals surface area contributed by atoms with Crippen molar-refractivity contribution in [3.8, 4) is 11.3 Å². The quantitative estimate of drug-likeness (QED) is 0.310. The number of carbonyl (C=O) groups excluding carboxylic acids is 1. The summed E-state index contributed by atoms with van der Waals surface area (Å²) in [5, 5.41) is 14.2. The fourth-order valence-electron chi connectivity index (χ4n) is 4.62. The van der Waals surface area contributed by atoms with Crippen LogP contribution in [0.2, 0.25) is 10.0 Å². The van der Waals surface area contributed by atoms with E-state index in [2.05, 4.69) is 22.0 Å². The van der Waals surface area contributed by atoms with Gasteiger partial charge < -0.3 is 14.2 Å². The molecule has 1 saturated heterocycles. The molecule has 3 aromatic rings. The SMILES string of the molecule is C[C@@H]1C[C@H](OCc2c(-c3c(Cl)cccc3Cl)noc2C2CC2)CCN1c1ccc(C(=O)NO)cn1. The first kappa shape index (κ1) is 24.1. The minimum absolute atomic E-state index is 0.0669. The molecule has 2 N–H and O–H groups in total. The second kappa shape index (κ2) is 10.1. The maximum atomic E-state index is 11.5. The van der Waals surface area contributed by atoms with E-state index in [1.807, 2.05) is 6.07 Å². The molecule has 8 nitrogen and oxygen atoms in total. The fraction of sp³-hybridized carbons (Fsp3) is 0.400. The molecule has 0 radical (unpaired) electrons. The van der Waals surface area contributed by atoms with Crippen LogP contribution in [0.25, 0.3) is 11.3 Å². The average Bonchev–Trinajstić information content (AvgIpc) is 3.62. The van der Waals surface area contributed by atoms with E-state index < -0.39 is 5.91 Å². The van der Waals surface area contributed by atoms with Gasteiger partial charge >= 0.3 is 0 Å². The van der Waals surface area contributed by atoms with Crippen LogP contribution in [0.15, 0.2) is 41.1 Å². The Balaban J connectivity index is 1.27. The van der Waals surface area contributed by atoms with Crippen LogP contribution >= 0.6 is 23.2 Å². The molecule has 5 rings (SSSR count). The summed E-state index contributed by atoms with van der Waals surface area (Å²) in [5.41, 5.74) is 4.19. The van der Waals surface area contributed by atoms with Crippen LogP contribution in [0, 0.1) is 0 Å². The van der Waals surface area contributed by atoms with Crippen molar-refractivity contribution in [2.75, 3.05) is 11.4 Å². The van der Waals surface area contributed by atoms with Gasteiger partial charge in [0.15, 0.2) is 0 Å². The van der Waals surface area contributed by atoms with Crippen molar-refractivity contribution in [1.82, 2.24) is 15.6 Å². The molecule has 1 saturated carbocycles. The zero-order valence-electron chi connectivity index (χ0n) is 19.2. The summed E-state index contributed by atoms with van der Waals surface area (Å²) in [5.74, 6) is 1.45. The highest BCUT2D eigenvalue weighted by Gasteiger charge is 2.34. The van der Waals surface area contributed by atoms with E-state index in [0.29, 0.717) is 39.4 Å². The van der Waals surface area contributed by atoms with Crippen LogP contribution in [-0.2, 0) is 11.3 Å². The number of benzene rings is 1. The molecule has 10 heteroatoms. The van der Waals surface area contributed by atoms with Gasteiger partial charge in [0.2, 0.25) is 0 Å². The van der Waals surface area contributed by atoms with Crippen molar-refractivity contribution in [3.63, 3.8) is 0 Å². The molecule has 2 fully saturated rings. The van der Waals surface area contributed by atoms with Crippen LogP contribution in [-0.4, -0.2) is 39.9 Å². The number of rotatable bonds is 7. The number of hydrogen-bond acceptors (Lipinski definition) is 7. The van der Waals surface area contributed by atoms with Gasteiger partial charge in [0, 0.05) is 35.8 Å². The number of nitrogens with zero attached hydrogens (tertiary/aromatic N) is 3.